The molecule has 0 radical (unpaired) electrons. The molecule has 1 aromatic carbocycles. The number of benzene rings is 1. The zero-order valence-electron chi connectivity index (χ0n) is 11.0. The molecule has 2 N–H and O–H groups in total. The van der Waals surface area contributed by atoms with Gasteiger partial charge in [0.2, 0.25) is 0 Å². The van der Waals surface area contributed by atoms with E-state index in [0.717, 1.165) is 39.0 Å². The van der Waals surface area contributed by atoms with Gasteiger partial charge in [-0.05, 0) is 37.4 Å². The van der Waals surface area contributed by atoms with Crippen molar-refractivity contribution in [1.82, 2.24) is 10.2 Å². The number of hydrogen-bond acceptors (Lipinski definition) is 3. The second-order valence-electron chi connectivity index (χ2n) is 5.62. The summed E-state index contributed by atoms with van der Waals surface area (Å²) in [6.07, 6.45) is 1.96. The minimum Gasteiger partial charge on any atom is -0.390 e. The van der Waals surface area contributed by atoms with E-state index in [0.29, 0.717) is 6.04 Å². The van der Waals surface area contributed by atoms with Crippen molar-refractivity contribution in [1.29, 1.82) is 0 Å². The summed E-state index contributed by atoms with van der Waals surface area (Å²) in [6, 6.07) is 7.09. The Hall–Kier alpha value is -0.900. The Kier molecular flexibility index (Phi) is 3.37. The van der Waals surface area contributed by atoms with Crippen LogP contribution < -0.4 is 5.32 Å². The molecule has 18 heavy (non-hydrogen) atoms. The number of nitrogens with one attached hydrogen (secondary N) is 1. The number of aryl methyl sites for hydroxylation is 1. The van der Waals surface area contributed by atoms with Crippen molar-refractivity contribution in [3.63, 3.8) is 0 Å². The molecule has 0 unspecified atom stereocenters. The molecule has 3 nitrogen and oxygen atoms in total. The van der Waals surface area contributed by atoms with Gasteiger partial charge in [-0.2, -0.15) is 0 Å². The number of piperidine rings is 1. The third-order valence-corrected chi connectivity index (χ3v) is 4.29. The Morgan fingerprint density at radius 1 is 1.33 bits per heavy atom. The first-order valence-electron chi connectivity index (χ1n) is 6.95. The summed E-state index contributed by atoms with van der Waals surface area (Å²) >= 11 is 0. The van der Waals surface area contributed by atoms with Crippen LogP contribution in [0.4, 0.5) is 0 Å². The molecule has 0 aromatic heterocycles. The number of fused-ring (bicyclic) bond motifs is 1. The highest BCUT2D eigenvalue weighted by Crippen LogP contribution is 2.24. The lowest BCUT2D eigenvalue weighted by atomic mass is 9.93. The Morgan fingerprint density at radius 2 is 2.22 bits per heavy atom. The van der Waals surface area contributed by atoms with Gasteiger partial charge in [0, 0.05) is 25.7 Å². The quantitative estimate of drug-likeness (QED) is 0.778. The minimum absolute atomic E-state index is 0.217. The zero-order valence-corrected chi connectivity index (χ0v) is 11.0. The van der Waals surface area contributed by atoms with Crippen molar-refractivity contribution in [3.8, 4) is 0 Å². The van der Waals surface area contributed by atoms with Crippen LogP contribution in [0.1, 0.15) is 23.1 Å². The van der Waals surface area contributed by atoms with Gasteiger partial charge in [-0.25, -0.2) is 0 Å². The Morgan fingerprint density at radius 3 is 3.06 bits per heavy atom. The van der Waals surface area contributed by atoms with Crippen molar-refractivity contribution in [2.24, 2.45) is 0 Å². The van der Waals surface area contributed by atoms with Crippen LogP contribution in [-0.4, -0.2) is 41.8 Å². The number of rotatable bonds is 1. The predicted molar refractivity (Wildman–Crippen MR) is 72.6 cm³/mol. The van der Waals surface area contributed by atoms with Crippen LogP contribution in [0.25, 0.3) is 0 Å². The summed E-state index contributed by atoms with van der Waals surface area (Å²) in [5.74, 6) is 0. The highest BCUT2D eigenvalue weighted by molar-refractivity contribution is 5.33. The first kappa shape index (κ1) is 12.2. The highest BCUT2D eigenvalue weighted by atomic mass is 16.3. The van der Waals surface area contributed by atoms with Gasteiger partial charge in [-0.3, -0.25) is 4.90 Å². The Balaban J connectivity index is 1.76. The van der Waals surface area contributed by atoms with E-state index in [2.05, 4.69) is 35.3 Å². The van der Waals surface area contributed by atoms with Gasteiger partial charge < -0.3 is 10.4 Å². The summed E-state index contributed by atoms with van der Waals surface area (Å²) in [6.45, 7) is 6.00. The summed E-state index contributed by atoms with van der Waals surface area (Å²) in [5, 5.41) is 13.4. The maximum absolute atomic E-state index is 10.1. The second kappa shape index (κ2) is 5.00. The fourth-order valence-corrected chi connectivity index (χ4v) is 3.24. The first-order valence-corrected chi connectivity index (χ1v) is 6.95. The zero-order chi connectivity index (χ0) is 12.5. The summed E-state index contributed by atoms with van der Waals surface area (Å²) < 4.78 is 0. The van der Waals surface area contributed by atoms with Crippen molar-refractivity contribution in [2.45, 2.75) is 38.5 Å². The smallest absolute Gasteiger partial charge is 0.0820 e. The molecule has 2 atom stereocenters. The van der Waals surface area contributed by atoms with Gasteiger partial charge in [0.25, 0.3) is 0 Å². The van der Waals surface area contributed by atoms with Crippen LogP contribution in [0.2, 0.25) is 0 Å². The third kappa shape index (κ3) is 2.30. The molecule has 0 spiro atoms. The lowest BCUT2D eigenvalue weighted by Gasteiger charge is -2.40. The van der Waals surface area contributed by atoms with Gasteiger partial charge in [-0.15, -0.1) is 0 Å². The maximum Gasteiger partial charge on any atom is 0.0820 e. The number of hydrogen-bond donors (Lipinski definition) is 2. The summed E-state index contributed by atoms with van der Waals surface area (Å²) in [5.41, 5.74) is 4.29. The van der Waals surface area contributed by atoms with Crippen molar-refractivity contribution in [3.05, 3.63) is 34.9 Å². The van der Waals surface area contributed by atoms with Gasteiger partial charge in [0.15, 0.2) is 0 Å². The molecular formula is C15H22N2O. The van der Waals surface area contributed by atoms with E-state index in [1.807, 2.05) is 0 Å². The molecule has 1 aromatic rings. The molecule has 0 amide bonds. The average Bonchev–Trinajstić information content (AvgIpc) is 2.39. The predicted octanol–water partition coefficient (Wildman–Crippen LogP) is 1.08. The van der Waals surface area contributed by atoms with Crippen LogP contribution in [0, 0.1) is 6.92 Å². The molecule has 0 aliphatic carbocycles. The number of β-amino-alcohol motifs (C(OH)–C–C–N with tert-alkyl or cyclic N) is 1. The van der Waals surface area contributed by atoms with Crippen LogP contribution in [0.15, 0.2) is 18.2 Å². The topological polar surface area (TPSA) is 35.5 Å². The van der Waals surface area contributed by atoms with E-state index in [9.17, 15) is 5.11 Å². The van der Waals surface area contributed by atoms with E-state index < -0.39 is 0 Å². The molecular weight excluding hydrogens is 224 g/mol. The molecule has 1 fully saturated rings. The van der Waals surface area contributed by atoms with Crippen LogP contribution >= 0.6 is 0 Å². The number of aliphatic hydroxyl groups is 1. The standard InChI is InChI=1S/C15H22N2O/c1-11-2-3-13-10-17(7-5-12(13)8-11)14-4-6-16-9-15(14)18/h2-3,8,14-16,18H,4-7,9-10H2,1H3/t14-,15-/m1/s1. The lowest BCUT2D eigenvalue weighted by Crippen LogP contribution is -2.53. The van der Waals surface area contributed by atoms with E-state index in [1.165, 1.54) is 16.7 Å². The summed E-state index contributed by atoms with van der Waals surface area (Å²) in [7, 11) is 0. The Bertz CT molecular complexity index is 433. The fourth-order valence-electron chi connectivity index (χ4n) is 3.24. The van der Waals surface area contributed by atoms with Crippen LogP contribution in [0.5, 0.6) is 0 Å². The van der Waals surface area contributed by atoms with E-state index in [4.69, 9.17) is 0 Å². The molecule has 3 rings (SSSR count). The molecule has 2 heterocycles. The fraction of sp³-hybridized carbons (Fsp3) is 0.600. The molecule has 98 valence electrons. The van der Waals surface area contributed by atoms with Crippen LogP contribution in [-0.2, 0) is 13.0 Å². The first-order chi connectivity index (χ1) is 8.74. The van der Waals surface area contributed by atoms with Gasteiger partial charge in [-0.1, -0.05) is 23.8 Å². The van der Waals surface area contributed by atoms with Crippen molar-refractivity contribution < 1.29 is 5.11 Å². The Labute approximate surface area is 109 Å². The number of aliphatic hydroxyl groups excluding tert-OH is 1. The van der Waals surface area contributed by atoms with Gasteiger partial charge >= 0.3 is 0 Å². The van der Waals surface area contributed by atoms with Gasteiger partial charge in [0.05, 0.1) is 6.10 Å². The minimum atomic E-state index is -0.217. The van der Waals surface area contributed by atoms with E-state index in [1.54, 1.807) is 0 Å². The van der Waals surface area contributed by atoms with Crippen molar-refractivity contribution in [2.75, 3.05) is 19.6 Å². The normalized spacial score (nSPS) is 29.0. The lowest BCUT2D eigenvalue weighted by molar-refractivity contribution is 0.0220. The van der Waals surface area contributed by atoms with E-state index in [-0.39, 0.29) is 6.10 Å². The molecule has 0 saturated carbocycles. The molecule has 2 aliphatic rings. The largest absolute Gasteiger partial charge is 0.390 e. The molecule has 1 saturated heterocycles. The van der Waals surface area contributed by atoms with Crippen molar-refractivity contribution >= 4 is 0 Å². The van der Waals surface area contributed by atoms with E-state index >= 15 is 0 Å². The molecule has 3 heteroatoms. The average molecular weight is 246 g/mol. The number of nitrogens with zero attached hydrogens (tertiary/aromatic N) is 1. The van der Waals surface area contributed by atoms with Gasteiger partial charge in [0.1, 0.15) is 0 Å². The van der Waals surface area contributed by atoms with Crippen LogP contribution in [0.3, 0.4) is 0 Å². The highest BCUT2D eigenvalue weighted by Gasteiger charge is 2.30. The second-order valence-corrected chi connectivity index (χ2v) is 5.62. The third-order valence-electron chi connectivity index (χ3n) is 4.29. The monoisotopic (exact) mass is 246 g/mol. The SMILES string of the molecule is Cc1ccc2c(c1)CCN([C@@H]1CCNC[C@H]1O)C2. The maximum atomic E-state index is 10.1. The molecule has 2 aliphatic heterocycles. The molecule has 0 bridgehead atoms. The summed E-state index contributed by atoms with van der Waals surface area (Å²) in [4.78, 5) is 2.46.